The Hall–Kier alpha value is -1.68. The van der Waals surface area contributed by atoms with Crippen LogP contribution in [0.1, 0.15) is 5.56 Å². The Labute approximate surface area is 78.8 Å². The normalized spacial score (nSPS) is 10.7. The van der Waals surface area contributed by atoms with E-state index < -0.39 is 5.82 Å². The summed E-state index contributed by atoms with van der Waals surface area (Å²) in [5.74, 6) is -0.460. The molecule has 0 fully saturated rings. The fraction of sp³-hybridized carbons (Fsp3) is 0.100. The lowest BCUT2D eigenvalue weighted by molar-refractivity contribution is 0.280. The van der Waals surface area contributed by atoms with Gasteiger partial charge in [-0.05, 0) is 18.2 Å². The summed E-state index contributed by atoms with van der Waals surface area (Å²) in [7, 11) is 0. The number of H-pyrrole nitrogens is 1. The molecule has 0 unspecified atom stereocenters. The van der Waals surface area contributed by atoms with Crippen molar-refractivity contribution in [1.82, 2.24) is 4.98 Å². The van der Waals surface area contributed by atoms with Crippen molar-refractivity contribution < 1.29 is 9.50 Å². The SMILES string of the molecule is O=c1c(CO)c[nH]c2ccc(F)cc12. The van der Waals surface area contributed by atoms with Crippen LogP contribution in [0.25, 0.3) is 10.9 Å². The molecule has 0 atom stereocenters. The Balaban J connectivity index is 2.87. The summed E-state index contributed by atoms with van der Waals surface area (Å²) in [4.78, 5) is 14.4. The maximum absolute atomic E-state index is 12.8. The molecule has 2 aromatic rings. The van der Waals surface area contributed by atoms with Crippen LogP contribution >= 0.6 is 0 Å². The molecular weight excluding hydrogens is 185 g/mol. The summed E-state index contributed by atoms with van der Waals surface area (Å²) in [5, 5.41) is 9.09. The lowest BCUT2D eigenvalue weighted by Gasteiger charge is -2.00. The van der Waals surface area contributed by atoms with Crippen LogP contribution in [-0.2, 0) is 6.61 Å². The van der Waals surface area contributed by atoms with E-state index in [9.17, 15) is 9.18 Å². The molecule has 0 saturated heterocycles. The van der Waals surface area contributed by atoms with Crippen molar-refractivity contribution in [3.05, 3.63) is 46.0 Å². The largest absolute Gasteiger partial charge is 0.391 e. The Kier molecular flexibility index (Phi) is 2.05. The van der Waals surface area contributed by atoms with Crippen molar-refractivity contribution in [2.24, 2.45) is 0 Å². The molecule has 1 heterocycles. The molecule has 0 bridgehead atoms. The van der Waals surface area contributed by atoms with Gasteiger partial charge >= 0.3 is 0 Å². The molecule has 0 spiro atoms. The molecule has 0 aliphatic heterocycles. The zero-order valence-electron chi connectivity index (χ0n) is 7.25. The fourth-order valence-electron chi connectivity index (χ4n) is 1.35. The van der Waals surface area contributed by atoms with Crippen molar-refractivity contribution in [2.75, 3.05) is 0 Å². The number of aliphatic hydroxyl groups excluding tert-OH is 1. The van der Waals surface area contributed by atoms with Crippen LogP contribution in [0.5, 0.6) is 0 Å². The smallest absolute Gasteiger partial charge is 0.194 e. The van der Waals surface area contributed by atoms with Gasteiger partial charge in [0.15, 0.2) is 5.43 Å². The summed E-state index contributed by atoms with van der Waals surface area (Å²) < 4.78 is 12.8. The van der Waals surface area contributed by atoms with Gasteiger partial charge in [0.25, 0.3) is 0 Å². The topological polar surface area (TPSA) is 53.1 Å². The van der Waals surface area contributed by atoms with Gasteiger partial charge in [-0.1, -0.05) is 0 Å². The average Bonchev–Trinajstić information content (AvgIpc) is 2.20. The minimum Gasteiger partial charge on any atom is -0.391 e. The fourth-order valence-corrected chi connectivity index (χ4v) is 1.35. The Morgan fingerprint density at radius 1 is 1.43 bits per heavy atom. The lowest BCUT2D eigenvalue weighted by Crippen LogP contribution is -2.09. The molecule has 2 N–H and O–H groups in total. The summed E-state index contributed by atoms with van der Waals surface area (Å²) in [6.45, 7) is -0.345. The molecule has 0 saturated carbocycles. The molecule has 0 amide bonds. The number of nitrogens with one attached hydrogen (secondary N) is 1. The molecule has 0 radical (unpaired) electrons. The highest BCUT2D eigenvalue weighted by Crippen LogP contribution is 2.09. The highest BCUT2D eigenvalue weighted by molar-refractivity contribution is 5.78. The summed E-state index contributed by atoms with van der Waals surface area (Å²) in [5.41, 5.74) is 0.470. The second kappa shape index (κ2) is 3.23. The molecule has 3 nitrogen and oxygen atoms in total. The van der Waals surface area contributed by atoms with Crippen molar-refractivity contribution >= 4 is 10.9 Å². The number of benzene rings is 1. The highest BCUT2D eigenvalue weighted by atomic mass is 19.1. The predicted molar refractivity (Wildman–Crippen MR) is 50.4 cm³/mol. The van der Waals surface area contributed by atoms with E-state index in [0.29, 0.717) is 5.52 Å². The van der Waals surface area contributed by atoms with E-state index in [4.69, 9.17) is 5.11 Å². The van der Waals surface area contributed by atoms with E-state index in [1.807, 2.05) is 0 Å². The Morgan fingerprint density at radius 2 is 2.21 bits per heavy atom. The van der Waals surface area contributed by atoms with Crippen LogP contribution in [-0.4, -0.2) is 10.1 Å². The average molecular weight is 193 g/mol. The Morgan fingerprint density at radius 3 is 2.93 bits per heavy atom. The van der Waals surface area contributed by atoms with Crippen molar-refractivity contribution in [3.63, 3.8) is 0 Å². The van der Waals surface area contributed by atoms with Gasteiger partial charge in [-0.25, -0.2) is 4.39 Å². The number of halogens is 1. The molecule has 1 aromatic heterocycles. The summed E-state index contributed by atoms with van der Waals surface area (Å²) in [6.07, 6.45) is 1.43. The monoisotopic (exact) mass is 193 g/mol. The number of hydrogen-bond acceptors (Lipinski definition) is 2. The Bertz CT molecular complexity index is 533. The first-order valence-electron chi connectivity index (χ1n) is 4.13. The van der Waals surface area contributed by atoms with E-state index >= 15 is 0 Å². The number of aromatic amines is 1. The van der Waals surface area contributed by atoms with Gasteiger partial charge in [0.2, 0.25) is 0 Å². The first-order valence-corrected chi connectivity index (χ1v) is 4.13. The first kappa shape index (κ1) is 8.90. The van der Waals surface area contributed by atoms with Gasteiger partial charge in [0.05, 0.1) is 6.61 Å². The molecule has 72 valence electrons. The number of rotatable bonds is 1. The summed E-state index contributed by atoms with van der Waals surface area (Å²) in [6, 6.07) is 3.93. The number of aliphatic hydroxyl groups is 1. The van der Waals surface area contributed by atoms with E-state index in [2.05, 4.69) is 4.98 Å². The zero-order chi connectivity index (χ0) is 10.1. The van der Waals surface area contributed by atoms with Gasteiger partial charge in [-0.3, -0.25) is 4.79 Å². The van der Waals surface area contributed by atoms with E-state index in [-0.39, 0.29) is 23.0 Å². The number of hydrogen-bond donors (Lipinski definition) is 2. The van der Waals surface area contributed by atoms with Crippen LogP contribution < -0.4 is 5.43 Å². The van der Waals surface area contributed by atoms with Gasteiger partial charge in [0, 0.05) is 22.7 Å². The maximum Gasteiger partial charge on any atom is 0.194 e. The number of pyridine rings is 1. The van der Waals surface area contributed by atoms with Crippen LogP contribution in [0.2, 0.25) is 0 Å². The number of aromatic nitrogens is 1. The molecular formula is C10H8FNO2. The molecule has 1 aromatic carbocycles. The van der Waals surface area contributed by atoms with Crippen LogP contribution in [0, 0.1) is 5.82 Å². The molecule has 4 heteroatoms. The minimum atomic E-state index is -0.460. The third kappa shape index (κ3) is 1.29. The predicted octanol–water partition coefficient (Wildman–Crippen LogP) is 1.16. The van der Waals surface area contributed by atoms with Crippen LogP contribution in [0.3, 0.4) is 0 Å². The van der Waals surface area contributed by atoms with Gasteiger partial charge < -0.3 is 10.1 Å². The lowest BCUT2D eigenvalue weighted by atomic mass is 10.1. The van der Waals surface area contributed by atoms with E-state index in [0.717, 1.165) is 6.07 Å². The summed E-state index contributed by atoms with van der Waals surface area (Å²) >= 11 is 0. The van der Waals surface area contributed by atoms with E-state index in [1.54, 1.807) is 0 Å². The van der Waals surface area contributed by atoms with E-state index in [1.165, 1.54) is 18.3 Å². The first-order chi connectivity index (χ1) is 6.72. The third-order valence-corrected chi connectivity index (χ3v) is 2.09. The zero-order valence-corrected chi connectivity index (χ0v) is 7.25. The van der Waals surface area contributed by atoms with Crippen LogP contribution in [0.4, 0.5) is 4.39 Å². The van der Waals surface area contributed by atoms with Gasteiger partial charge in [-0.2, -0.15) is 0 Å². The number of fused-ring (bicyclic) bond motifs is 1. The van der Waals surface area contributed by atoms with Crippen molar-refractivity contribution in [2.45, 2.75) is 6.61 Å². The van der Waals surface area contributed by atoms with Gasteiger partial charge in [-0.15, -0.1) is 0 Å². The maximum atomic E-state index is 12.8. The highest BCUT2D eigenvalue weighted by Gasteiger charge is 2.04. The molecule has 0 aliphatic rings. The third-order valence-electron chi connectivity index (χ3n) is 2.09. The molecule has 14 heavy (non-hydrogen) atoms. The molecule has 2 rings (SSSR count). The van der Waals surface area contributed by atoms with Crippen molar-refractivity contribution in [3.8, 4) is 0 Å². The second-order valence-corrected chi connectivity index (χ2v) is 2.99. The standard InChI is InChI=1S/C10H8FNO2/c11-7-1-2-9-8(3-7)10(14)6(5-13)4-12-9/h1-4,13H,5H2,(H,12,14). The van der Waals surface area contributed by atoms with Crippen LogP contribution in [0.15, 0.2) is 29.2 Å². The quantitative estimate of drug-likeness (QED) is 0.714. The van der Waals surface area contributed by atoms with Gasteiger partial charge in [0.1, 0.15) is 5.82 Å². The minimum absolute atomic E-state index is 0.239. The van der Waals surface area contributed by atoms with Crippen molar-refractivity contribution in [1.29, 1.82) is 0 Å². The second-order valence-electron chi connectivity index (χ2n) is 2.99. The molecule has 0 aliphatic carbocycles.